The highest BCUT2D eigenvalue weighted by molar-refractivity contribution is 5.88. The average molecular weight is 394 g/mol. The number of piperidine rings is 1. The van der Waals surface area contributed by atoms with Crippen LogP contribution in [0.25, 0.3) is 0 Å². The molecule has 3 rings (SSSR count). The smallest absolute Gasteiger partial charge is 0.335 e. The molecule has 0 aliphatic carbocycles. The molecular weight excluding hydrogens is 368 g/mol. The first-order valence-electron chi connectivity index (χ1n) is 9.94. The van der Waals surface area contributed by atoms with Crippen molar-refractivity contribution in [2.45, 2.75) is 38.1 Å². The van der Waals surface area contributed by atoms with Gasteiger partial charge in [-0.05, 0) is 42.5 Å². The van der Waals surface area contributed by atoms with Gasteiger partial charge in [-0.3, -0.25) is 9.59 Å². The van der Waals surface area contributed by atoms with Crippen LogP contribution in [0.15, 0.2) is 54.6 Å². The third-order valence-electron chi connectivity index (χ3n) is 5.22. The molecule has 0 saturated carbocycles. The van der Waals surface area contributed by atoms with Crippen LogP contribution in [0.4, 0.5) is 0 Å². The number of benzene rings is 2. The molecule has 152 valence electrons. The number of carboxylic acid groups (broad SMARTS) is 1. The summed E-state index contributed by atoms with van der Waals surface area (Å²) in [5.74, 6) is -0.970. The predicted molar refractivity (Wildman–Crippen MR) is 110 cm³/mol. The number of carbonyl (C=O) groups is 3. The summed E-state index contributed by atoms with van der Waals surface area (Å²) in [6.07, 6.45) is 2.86. The molecule has 1 fully saturated rings. The van der Waals surface area contributed by atoms with Gasteiger partial charge in [0.15, 0.2) is 0 Å². The highest BCUT2D eigenvalue weighted by Crippen LogP contribution is 2.14. The molecule has 1 heterocycles. The van der Waals surface area contributed by atoms with Gasteiger partial charge in [0.2, 0.25) is 11.8 Å². The van der Waals surface area contributed by atoms with Crippen molar-refractivity contribution in [1.82, 2.24) is 10.2 Å². The maximum Gasteiger partial charge on any atom is 0.335 e. The van der Waals surface area contributed by atoms with Crippen molar-refractivity contribution in [3.05, 3.63) is 71.3 Å². The molecule has 0 spiro atoms. The van der Waals surface area contributed by atoms with Crippen LogP contribution in [0.1, 0.15) is 40.7 Å². The Labute approximate surface area is 170 Å². The van der Waals surface area contributed by atoms with E-state index in [1.807, 2.05) is 35.2 Å². The van der Waals surface area contributed by atoms with Crippen molar-refractivity contribution >= 4 is 17.8 Å². The first kappa shape index (κ1) is 20.6. The molecule has 1 saturated heterocycles. The van der Waals surface area contributed by atoms with E-state index in [-0.39, 0.29) is 29.8 Å². The second-order valence-corrected chi connectivity index (χ2v) is 7.39. The van der Waals surface area contributed by atoms with E-state index in [1.54, 1.807) is 12.1 Å². The van der Waals surface area contributed by atoms with E-state index in [1.165, 1.54) is 12.1 Å². The third kappa shape index (κ3) is 6.17. The third-order valence-corrected chi connectivity index (χ3v) is 5.22. The molecule has 2 N–H and O–H groups in total. The SMILES string of the molecule is O=C(Cc1cccc(C(=O)O)c1)NC1CCN(C(=O)CCc2ccccc2)CC1. The summed E-state index contributed by atoms with van der Waals surface area (Å²) >= 11 is 0. The summed E-state index contributed by atoms with van der Waals surface area (Å²) < 4.78 is 0. The van der Waals surface area contributed by atoms with Gasteiger partial charge in [0, 0.05) is 25.6 Å². The number of nitrogens with one attached hydrogen (secondary N) is 1. The Kier molecular flexibility index (Phi) is 7.00. The molecule has 0 aromatic heterocycles. The Hall–Kier alpha value is -3.15. The van der Waals surface area contributed by atoms with Crippen LogP contribution < -0.4 is 5.32 Å². The molecule has 2 aromatic rings. The first-order valence-corrected chi connectivity index (χ1v) is 9.94. The second kappa shape index (κ2) is 9.87. The van der Waals surface area contributed by atoms with Crippen LogP contribution in [0, 0.1) is 0 Å². The lowest BCUT2D eigenvalue weighted by Gasteiger charge is -2.32. The van der Waals surface area contributed by atoms with Crippen LogP contribution in [-0.4, -0.2) is 46.9 Å². The molecule has 29 heavy (non-hydrogen) atoms. The van der Waals surface area contributed by atoms with Gasteiger partial charge in [-0.1, -0.05) is 42.5 Å². The lowest BCUT2D eigenvalue weighted by atomic mass is 10.0. The van der Waals surface area contributed by atoms with Gasteiger partial charge in [0.25, 0.3) is 0 Å². The van der Waals surface area contributed by atoms with Gasteiger partial charge in [0.1, 0.15) is 0 Å². The van der Waals surface area contributed by atoms with E-state index >= 15 is 0 Å². The molecule has 6 heteroatoms. The van der Waals surface area contributed by atoms with E-state index in [9.17, 15) is 14.4 Å². The van der Waals surface area contributed by atoms with Crippen LogP contribution in [0.3, 0.4) is 0 Å². The standard InChI is InChI=1S/C23H26N2O4/c26-21(16-18-7-4-8-19(15-18)23(28)29)24-20-11-13-25(14-12-20)22(27)10-9-17-5-2-1-3-6-17/h1-8,15,20H,9-14,16H2,(H,24,26)(H,28,29). The van der Waals surface area contributed by atoms with E-state index in [0.29, 0.717) is 25.1 Å². The van der Waals surface area contributed by atoms with Gasteiger partial charge in [-0.25, -0.2) is 4.79 Å². The topological polar surface area (TPSA) is 86.7 Å². The number of carboxylic acids is 1. The molecule has 1 aliphatic heterocycles. The highest BCUT2D eigenvalue weighted by atomic mass is 16.4. The summed E-state index contributed by atoms with van der Waals surface area (Å²) in [6, 6.07) is 16.5. The Morgan fingerprint density at radius 1 is 0.966 bits per heavy atom. The Bertz CT molecular complexity index is 858. The lowest BCUT2D eigenvalue weighted by Crippen LogP contribution is -2.46. The summed E-state index contributed by atoms with van der Waals surface area (Å²) in [7, 11) is 0. The van der Waals surface area contributed by atoms with Gasteiger partial charge in [-0.15, -0.1) is 0 Å². The number of aryl methyl sites for hydroxylation is 1. The minimum Gasteiger partial charge on any atom is -0.478 e. The first-order chi connectivity index (χ1) is 14.0. The van der Waals surface area contributed by atoms with Crippen molar-refractivity contribution in [3.8, 4) is 0 Å². The molecule has 1 aliphatic rings. The normalized spacial score (nSPS) is 14.4. The maximum atomic E-state index is 12.4. The zero-order valence-electron chi connectivity index (χ0n) is 16.3. The molecular formula is C23H26N2O4. The van der Waals surface area contributed by atoms with Gasteiger partial charge < -0.3 is 15.3 Å². The zero-order valence-corrected chi connectivity index (χ0v) is 16.3. The Morgan fingerprint density at radius 2 is 1.66 bits per heavy atom. The van der Waals surface area contributed by atoms with Crippen LogP contribution in [0.2, 0.25) is 0 Å². The molecule has 0 atom stereocenters. The van der Waals surface area contributed by atoms with Crippen molar-refractivity contribution in [2.24, 2.45) is 0 Å². The summed E-state index contributed by atoms with van der Waals surface area (Å²) in [6.45, 7) is 1.29. The Morgan fingerprint density at radius 3 is 2.34 bits per heavy atom. The number of aromatic carboxylic acids is 1. The lowest BCUT2D eigenvalue weighted by molar-refractivity contribution is -0.132. The monoisotopic (exact) mass is 394 g/mol. The molecule has 0 unspecified atom stereocenters. The molecule has 6 nitrogen and oxygen atoms in total. The average Bonchev–Trinajstić information content (AvgIpc) is 2.73. The van der Waals surface area contributed by atoms with Crippen LogP contribution in [0.5, 0.6) is 0 Å². The molecule has 2 aromatic carbocycles. The van der Waals surface area contributed by atoms with Gasteiger partial charge >= 0.3 is 5.97 Å². The number of hydrogen-bond acceptors (Lipinski definition) is 3. The van der Waals surface area contributed by atoms with E-state index in [0.717, 1.165) is 24.8 Å². The van der Waals surface area contributed by atoms with Gasteiger partial charge in [-0.2, -0.15) is 0 Å². The highest BCUT2D eigenvalue weighted by Gasteiger charge is 2.23. The van der Waals surface area contributed by atoms with Crippen molar-refractivity contribution in [2.75, 3.05) is 13.1 Å². The summed E-state index contributed by atoms with van der Waals surface area (Å²) in [5, 5.41) is 12.1. The van der Waals surface area contributed by atoms with Crippen LogP contribution in [-0.2, 0) is 22.4 Å². The number of nitrogens with zero attached hydrogens (tertiary/aromatic N) is 1. The predicted octanol–water partition coefficient (Wildman–Crippen LogP) is 2.67. The second-order valence-electron chi connectivity index (χ2n) is 7.39. The number of hydrogen-bond donors (Lipinski definition) is 2. The number of amides is 2. The summed E-state index contributed by atoms with van der Waals surface area (Å²) in [4.78, 5) is 37.6. The number of likely N-dealkylation sites (tertiary alicyclic amines) is 1. The fraction of sp³-hybridized carbons (Fsp3) is 0.348. The van der Waals surface area contributed by atoms with E-state index in [2.05, 4.69) is 5.32 Å². The Balaban J connectivity index is 1.41. The van der Waals surface area contributed by atoms with Crippen molar-refractivity contribution < 1.29 is 19.5 Å². The number of rotatable bonds is 7. The summed E-state index contributed by atoms with van der Waals surface area (Å²) in [5.41, 5.74) is 2.02. The maximum absolute atomic E-state index is 12.4. The zero-order chi connectivity index (χ0) is 20.6. The molecule has 0 radical (unpaired) electrons. The number of carbonyl (C=O) groups excluding carboxylic acids is 2. The minimum atomic E-state index is -1.00. The largest absolute Gasteiger partial charge is 0.478 e. The molecule has 2 amide bonds. The van der Waals surface area contributed by atoms with Crippen LogP contribution >= 0.6 is 0 Å². The fourth-order valence-electron chi connectivity index (χ4n) is 3.61. The molecule has 0 bridgehead atoms. The van der Waals surface area contributed by atoms with Gasteiger partial charge in [0.05, 0.1) is 12.0 Å². The van der Waals surface area contributed by atoms with E-state index in [4.69, 9.17) is 5.11 Å². The van der Waals surface area contributed by atoms with Crippen molar-refractivity contribution in [3.63, 3.8) is 0 Å². The van der Waals surface area contributed by atoms with E-state index < -0.39 is 5.97 Å². The minimum absolute atomic E-state index is 0.0447. The quantitative estimate of drug-likeness (QED) is 0.756. The van der Waals surface area contributed by atoms with Crippen molar-refractivity contribution in [1.29, 1.82) is 0 Å². The fourth-order valence-corrected chi connectivity index (χ4v) is 3.61.